The van der Waals surface area contributed by atoms with Crippen molar-refractivity contribution < 1.29 is 9.90 Å². The Labute approximate surface area is 155 Å². The third kappa shape index (κ3) is 4.18. The van der Waals surface area contributed by atoms with Crippen LogP contribution in [0.4, 0.5) is 10.8 Å². The molecule has 0 radical (unpaired) electrons. The first-order valence-corrected chi connectivity index (χ1v) is 8.91. The van der Waals surface area contributed by atoms with Crippen LogP contribution >= 0.6 is 22.9 Å². The number of rotatable bonds is 5. The Morgan fingerprint density at radius 3 is 2.56 bits per heavy atom. The highest BCUT2D eigenvalue weighted by Gasteiger charge is 2.14. The topological polar surface area (TPSA) is 65.0 Å². The SMILES string of the molecule is Cc1ccc(-c2nc(Nc3ccc(C)c(Cl)c3)sc2CC(=O)[O-])cc1. The van der Waals surface area contributed by atoms with Crippen LogP contribution in [-0.4, -0.2) is 11.0 Å². The summed E-state index contributed by atoms with van der Waals surface area (Å²) in [6.45, 7) is 3.93. The number of anilines is 2. The summed E-state index contributed by atoms with van der Waals surface area (Å²) in [6, 6.07) is 13.5. The van der Waals surface area contributed by atoms with Crippen LogP contribution in [0.25, 0.3) is 11.3 Å². The number of aromatic nitrogens is 1. The van der Waals surface area contributed by atoms with Crippen molar-refractivity contribution in [3.05, 3.63) is 63.5 Å². The van der Waals surface area contributed by atoms with Gasteiger partial charge >= 0.3 is 0 Å². The first-order chi connectivity index (χ1) is 11.9. The molecule has 4 nitrogen and oxygen atoms in total. The fourth-order valence-electron chi connectivity index (χ4n) is 2.39. The van der Waals surface area contributed by atoms with Crippen LogP contribution in [0.1, 0.15) is 16.0 Å². The predicted molar refractivity (Wildman–Crippen MR) is 100 cm³/mol. The van der Waals surface area contributed by atoms with Gasteiger partial charge in [-0.1, -0.05) is 47.5 Å². The normalized spacial score (nSPS) is 10.7. The van der Waals surface area contributed by atoms with E-state index in [0.29, 0.717) is 20.7 Å². The number of nitrogens with zero attached hydrogens (tertiary/aromatic N) is 1. The van der Waals surface area contributed by atoms with Crippen LogP contribution in [0.5, 0.6) is 0 Å². The summed E-state index contributed by atoms with van der Waals surface area (Å²) in [7, 11) is 0. The summed E-state index contributed by atoms with van der Waals surface area (Å²) in [5.74, 6) is -1.12. The number of thiazole rings is 1. The monoisotopic (exact) mass is 371 g/mol. The highest BCUT2D eigenvalue weighted by Crippen LogP contribution is 2.33. The second-order valence-corrected chi connectivity index (χ2v) is 7.29. The molecule has 0 saturated heterocycles. The molecule has 3 aromatic rings. The number of carbonyl (C=O) groups excluding carboxylic acids is 1. The molecule has 25 heavy (non-hydrogen) atoms. The van der Waals surface area contributed by atoms with E-state index >= 15 is 0 Å². The third-order valence-electron chi connectivity index (χ3n) is 3.75. The van der Waals surface area contributed by atoms with E-state index in [1.165, 1.54) is 11.3 Å². The lowest BCUT2D eigenvalue weighted by Gasteiger charge is -2.04. The number of hydrogen-bond donors (Lipinski definition) is 1. The van der Waals surface area contributed by atoms with E-state index in [1.54, 1.807) is 0 Å². The van der Waals surface area contributed by atoms with Crippen molar-refractivity contribution in [1.82, 2.24) is 4.98 Å². The van der Waals surface area contributed by atoms with Crippen LogP contribution in [-0.2, 0) is 11.2 Å². The molecule has 1 N–H and O–H groups in total. The summed E-state index contributed by atoms with van der Waals surface area (Å²) in [4.78, 5) is 16.3. The summed E-state index contributed by atoms with van der Waals surface area (Å²) >= 11 is 7.46. The molecule has 0 aliphatic carbocycles. The molecular weight excluding hydrogens is 356 g/mol. The van der Waals surface area contributed by atoms with E-state index in [4.69, 9.17) is 11.6 Å². The molecule has 0 aliphatic heterocycles. The number of carboxylic acids is 1. The Bertz CT molecular complexity index is 920. The molecule has 0 bridgehead atoms. The van der Waals surface area contributed by atoms with E-state index in [9.17, 15) is 9.90 Å². The molecular formula is C19H16ClN2O2S-. The lowest BCUT2D eigenvalue weighted by atomic mass is 10.1. The Morgan fingerprint density at radius 2 is 1.92 bits per heavy atom. The minimum absolute atomic E-state index is 0.169. The van der Waals surface area contributed by atoms with Gasteiger partial charge in [-0.25, -0.2) is 4.98 Å². The van der Waals surface area contributed by atoms with Crippen molar-refractivity contribution >= 4 is 39.7 Å². The molecule has 0 aliphatic rings. The number of nitrogens with one attached hydrogen (secondary N) is 1. The summed E-state index contributed by atoms with van der Waals surface area (Å²) in [5, 5.41) is 15.6. The zero-order valence-electron chi connectivity index (χ0n) is 13.8. The van der Waals surface area contributed by atoms with Gasteiger partial charge in [0.05, 0.1) is 5.69 Å². The molecule has 0 amide bonds. The van der Waals surface area contributed by atoms with Gasteiger partial charge in [-0.05, 0) is 31.5 Å². The van der Waals surface area contributed by atoms with Crippen molar-refractivity contribution in [2.75, 3.05) is 5.32 Å². The Balaban J connectivity index is 1.96. The van der Waals surface area contributed by atoms with E-state index in [2.05, 4.69) is 10.3 Å². The highest BCUT2D eigenvalue weighted by atomic mass is 35.5. The molecule has 0 unspecified atom stereocenters. The molecule has 3 rings (SSSR count). The van der Waals surface area contributed by atoms with Gasteiger partial charge in [0, 0.05) is 33.5 Å². The van der Waals surface area contributed by atoms with E-state index in [0.717, 1.165) is 22.4 Å². The number of carbonyl (C=O) groups is 1. The Morgan fingerprint density at radius 1 is 1.20 bits per heavy atom. The number of aryl methyl sites for hydroxylation is 2. The van der Waals surface area contributed by atoms with Crippen LogP contribution in [0, 0.1) is 13.8 Å². The lowest BCUT2D eigenvalue weighted by molar-refractivity contribution is -0.304. The first kappa shape index (κ1) is 17.5. The molecule has 0 atom stereocenters. The Kier molecular flexibility index (Phi) is 5.06. The second kappa shape index (κ2) is 7.25. The van der Waals surface area contributed by atoms with E-state index in [-0.39, 0.29) is 6.42 Å². The molecule has 1 aromatic heterocycles. The van der Waals surface area contributed by atoms with Crippen molar-refractivity contribution in [2.45, 2.75) is 20.3 Å². The fourth-order valence-corrected chi connectivity index (χ4v) is 3.56. The van der Waals surface area contributed by atoms with Crippen molar-refractivity contribution in [2.24, 2.45) is 0 Å². The van der Waals surface area contributed by atoms with Crippen LogP contribution in [0.3, 0.4) is 0 Å². The van der Waals surface area contributed by atoms with Gasteiger partial charge in [0.25, 0.3) is 0 Å². The van der Waals surface area contributed by atoms with Crippen molar-refractivity contribution in [1.29, 1.82) is 0 Å². The number of carboxylic acid groups (broad SMARTS) is 1. The van der Waals surface area contributed by atoms with Crippen molar-refractivity contribution in [3.63, 3.8) is 0 Å². The van der Waals surface area contributed by atoms with Gasteiger partial charge in [-0.2, -0.15) is 0 Å². The summed E-state index contributed by atoms with van der Waals surface area (Å²) < 4.78 is 0. The Hall–Kier alpha value is -2.37. The van der Waals surface area contributed by atoms with Gasteiger partial charge in [0.2, 0.25) is 0 Å². The zero-order valence-corrected chi connectivity index (χ0v) is 15.4. The maximum absolute atomic E-state index is 11.1. The summed E-state index contributed by atoms with van der Waals surface area (Å²) in [6.07, 6.45) is -0.169. The van der Waals surface area contributed by atoms with Gasteiger partial charge in [-0.3, -0.25) is 0 Å². The minimum atomic E-state index is -1.12. The number of aliphatic carboxylic acids is 1. The van der Waals surface area contributed by atoms with Gasteiger partial charge in [0.15, 0.2) is 5.13 Å². The standard InChI is InChI=1S/C19H17ClN2O2S/c1-11-3-6-13(7-4-11)18-16(10-17(23)24)25-19(22-18)21-14-8-5-12(2)15(20)9-14/h3-9H,10H2,1-2H3,(H,21,22)(H,23,24)/p-1. The van der Waals surface area contributed by atoms with Crippen LogP contribution in [0.2, 0.25) is 5.02 Å². The third-order valence-corrected chi connectivity index (χ3v) is 5.13. The zero-order chi connectivity index (χ0) is 18.0. The summed E-state index contributed by atoms with van der Waals surface area (Å²) in [5.41, 5.74) is 4.47. The highest BCUT2D eigenvalue weighted by molar-refractivity contribution is 7.16. The van der Waals surface area contributed by atoms with Gasteiger partial charge in [-0.15, -0.1) is 11.3 Å². The maximum atomic E-state index is 11.1. The molecule has 0 fully saturated rings. The van der Waals surface area contributed by atoms with Gasteiger partial charge < -0.3 is 15.2 Å². The lowest BCUT2D eigenvalue weighted by Crippen LogP contribution is -2.24. The molecule has 128 valence electrons. The first-order valence-electron chi connectivity index (χ1n) is 7.72. The molecule has 2 aromatic carbocycles. The quantitative estimate of drug-likeness (QED) is 0.732. The molecule has 0 spiro atoms. The van der Waals surface area contributed by atoms with E-state index in [1.807, 2.05) is 56.3 Å². The maximum Gasteiger partial charge on any atom is 0.187 e. The average Bonchev–Trinajstić information content (AvgIpc) is 2.93. The number of halogens is 1. The predicted octanol–water partition coefficient (Wildman–Crippen LogP) is 4.12. The number of benzene rings is 2. The smallest absolute Gasteiger partial charge is 0.187 e. The van der Waals surface area contributed by atoms with E-state index < -0.39 is 5.97 Å². The van der Waals surface area contributed by atoms with Gasteiger partial charge in [0.1, 0.15) is 0 Å². The number of hydrogen-bond acceptors (Lipinski definition) is 5. The fraction of sp³-hybridized carbons (Fsp3) is 0.158. The van der Waals surface area contributed by atoms with Crippen LogP contribution in [0.15, 0.2) is 42.5 Å². The minimum Gasteiger partial charge on any atom is -0.550 e. The largest absolute Gasteiger partial charge is 0.550 e. The molecule has 6 heteroatoms. The average molecular weight is 372 g/mol. The van der Waals surface area contributed by atoms with Crippen LogP contribution < -0.4 is 10.4 Å². The molecule has 1 heterocycles. The van der Waals surface area contributed by atoms with Crippen molar-refractivity contribution in [3.8, 4) is 11.3 Å². The second-order valence-electron chi connectivity index (χ2n) is 5.79. The molecule has 0 saturated carbocycles.